The second-order valence-corrected chi connectivity index (χ2v) is 7.67. The van der Waals surface area contributed by atoms with E-state index in [4.69, 9.17) is 4.74 Å². The number of ether oxygens (including phenoxy) is 1. The Balaban J connectivity index is 1.69. The summed E-state index contributed by atoms with van der Waals surface area (Å²) in [5, 5.41) is 12.5. The third-order valence-electron chi connectivity index (χ3n) is 5.25. The van der Waals surface area contributed by atoms with Crippen LogP contribution in [0.4, 0.5) is 29.3 Å². The molecule has 13 heteroatoms. The van der Waals surface area contributed by atoms with E-state index < -0.39 is 29.7 Å². The van der Waals surface area contributed by atoms with Gasteiger partial charge in [0.15, 0.2) is 5.82 Å². The van der Waals surface area contributed by atoms with Crippen LogP contribution in [-0.2, 0) is 10.9 Å². The van der Waals surface area contributed by atoms with E-state index in [0.29, 0.717) is 22.3 Å². The molecule has 0 aliphatic heterocycles. The zero-order chi connectivity index (χ0) is 25.3. The summed E-state index contributed by atoms with van der Waals surface area (Å²) in [4.78, 5) is 26.4. The molecule has 4 rings (SSSR count). The summed E-state index contributed by atoms with van der Waals surface area (Å²) in [6.45, 7) is 5.07. The number of aryl methyl sites for hydroxylation is 2. The fraction of sp³-hybridized carbons (Fsp3) is 0.273. The molecule has 0 aliphatic carbocycles. The Labute approximate surface area is 197 Å². The summed E-state index contributed by atoms with van der Waals surface area (Å²) in [6, 6.07) is 3.62. The van der Waals surface area contributed by atoms with Crippen molar-refractivity contribution in [1.82, 2.24) is 29.9 Å². The second-order valence-electron chi connectivity index (χ2n) is 7.67. The normalized spacial score (nSPS) is 12.5. The monoisotopic (exact) mass is 486 g/mol. The van der Waals surface area contributed by atoms with Gasteiger partial charge in [-0.15, -0.1) is 4.80 Å². The van der Waals surface area contributed by atoms with Crippen LogP contribution in [0.2, 0.25) is 0 Å². The van der Waals surface area contributed by atoms with Gasteiger partial charge in [-0.2, -0.15) is 23.4 Å². The maximum atomic E-state index is 13.7. The van der Waals surface area contributed by atoms with Crippen LogP contribution in [0.1, 0.15) is 35.5 Å². The highest BCUT2D eigenvalue weighted by Gasteiger charge is 2.36. The predicted molar refractivity (Wildman–Crippen MR) is 121 cm³/mol. The van der Waals surface area contributed by atoms with Crippen LogP contribution in [0, 0.1) is 13.8 Å². The summed E-state index contributed by atoms with van der Waals surface area (Å²) >= 11 is 0. The van der Waals surface area contributed by atoms with E-state index >= 15 is 0 Å². The maximum absolute atomic E-state index is 13.7. The van der Waals surface area contributed by atoms with Crippen molar-refractivity contribution in [1.29, 1.82) is 0 Å². The van der Waals surface area contributed by atoms with E-state index in [2.05, 4.69) is 35.8 Å². The van der Waals surface area contributed by atoms with Gasteiger partial charge in [-0.3, -0.25) is 9.97 Å². The largest absolute Gasteiger partial charge is 0.420 e. The number of aromatic nitrogens is 6. The van der Waals surface area contributed by atoms with Crippen molar-refractivity contribution in [3.63, 3.8) is 0 Å². The molecule has 2 N–H and O–H groups in total. The van der Waals surface area contributed by atoms with Crippen LogP contribution in [0.25, 0.3) is 16.9 Å². The summed E-state index contributed by atoms with van der Waals surface area (Å²) < 4.78 is 46.7. The number of alkyl halides is 3. The SMILES string of the molecule is COC(C)c1c(NC(=O)Nc2cc(C(F)(F)F)c(-n3nccn3)nc2C)cnc2ccc(C)nc12. The number of rotatable bonds is 5. The molecule has 1 atom stereocenters. The number of carbonyl (C=O) groups excluding carboxylic acids is 1. The van der Waals surface area contributed by atoms with E-state index in [1.807, 2.05) is 13.0 Å². The Hall–Kier alpha value is -4.13. The van der Waals surface area contributed by atoms with Gasteiger partial charge in [0.25, 0.3) is 0 Å². The molecule has 0 fully saturated rings. The minimum Gasteiger partial charge on any atom is -0.377 e. The molecule has 0 saturated heterocycles. The van der Waals surface area contributed by atoms with Gasteiger partial charge in [0.05, 0.1) is 52.8 Å². The molecule has 0 saturated carbocycles. The van der Waals surface area contributed by atoms with Crippen LogP contribution < -0.4 is 10.6 Å². The first-order valence-electron chi connectivity index (χ1n) is 10.4. The van der Waals surface area contributed by atoms with Crippen molar-refractivity contribution in [2.75, 3.05) is 17.7 Å². The van der Waals surface area contributed by atoms with Crippen molar-refractivity contribution in [2.24, 2.45) is 0 Å². The summed E-state index contributed by atoms with van der Waals surface area (Å²) in [7, 11) is 1.51. The van der Waals surface area contributed by atoms with Crippen molar-refractivity contribution < 1.29 is 22.7 Å². The highest BCUT2D eigenvalue weighted by molar-refractivity contribution is 6.02. The molecule has 4 aromatic rings. The molecule has 0 bridgehead atoms. The van der Waals surface area contributed by atoms with Gasteiger partial charge in [0, 0.05) is 18.4 Å². The first-order valence-corrected chi connectivity index (χ1v) is 10.4. The first kappa shape index (κ1) is 24.0. The lowest BCUT2D eigenvalue weighted by Crippen LogP contribution is -2.23. The molecule has 182 valence electrons. The van der Waals surface area contributed by atoms with Crippen LogP contribution >= 0.6 is 0 Å². The molecule has 0 aromatic carbocycles. The number of hydrogen-bond acceptors (Lipinski definition) is 7. The summed E-state index contributed by atoms with van der Waals surface area (Å²) in [6.07, 6.45) is -1.29. The smallest absolute Gasteiger partial charge is 0.377 e. The Morgan fingerprint density at radius 3 is 2.43 bits per heavy atom. The Morgan fingerprint density at radius 2 is 1.77 bits per heavy atom. The van der Waals surface area contributed by atoms with Gasteiger partial charge < -0.3 is 15.4 Å². The molecule has 0 aliphatic rings. The van der Waals surface area contributed by atoms with Crippen LogP contribution in [0.3, 0.4) is 0 Å². The van der Waals surface area contributed by atoms with Gasteiger partial charge in [-0.05, 0) is 39.0 Å². The highest BCUT2D eigenvalue weighted by atomic mass is 19.4. The van der Waals surface area contributed by atoms with Crippen molar-refractivity contribution in [2.45, 2.75) is 33.1 Å². The fourth-order valence-corrected chi connectivity index (χ4v) is 3.49. The molecule has 2 amide bonds. The number of fused-ring (bicyclic) bond motifs is 1. The maximum Gasteiger partial charge on any atom is 0.420 e. The standard InChI is InChI=1S/C22H21F3N8O2/c1-11-5-6-15-19(29-11)18(13(3)35-4)17(10-26-15)32-21(34)31-16-9-14(22(23,24)25)20(30-12(16)2)33-27-7-8-28-33/h5-10,13H,1-4H3,(H2,31,32,34). The fourth-order valence-electron chi connectivity index (χ4n) is 3.49. The zero-order valence-corrected chi connectivity index (χ0v) is 19.2. The number of carbonyl (C=O) groups is 1. The van der Waals surface area contributed by atoms with Gasteiger partial charge in [-0.1, -0.05) is 0 Å². The number of amides is 2. The third kappa shape index (κ3) is 4.89. The predicted octanol–water partition coefficient (Wildman–Crippen LogP) is 4.59. The van der Waals surface area contributed by atoms with Gasteiger partial charge in [0.1, 0.15) is 5.56 Å². The molecule has 10 nitrogen and oxygen atoms in total. The van der Waals surface area contributed by atoms with E-state index in [0.717, 1.165) is 16.6 Å². The van der Waals surface area contributed by atoms with E-state index in [1.54, 1.807) is 13.0 Å². The number of hydrogen-bond donors (Lipinski definition) is 2. The van der Waals surface area contributed by atoms with E-state index in [-0.39, 0.29) is 11.4 Å². The van der Waals surface area contributed by atoms with Gasteiger partial charge >= 0.3 is 12.2 Å². The molecule has 4 heterocycles. The molecule has 1 unspecified atom stereocenters. The van der Waals surface area contributed by atoms with Gasteiger partial charge in [-0.25, -0.2) is 9.78 Å². The zero-order valence-electron chi connectivity index (χ0n) is 19.2. The first-order chi connectivity index (χ1) is 16.6. The molecular weight excluding hydrogens is 465 g/mol. The number of anilines is 2. The number of pyridine rings is 3. The van der Waals surface area contributed by atoms with Crippen molar-refractivity contribution in [3.8, 4) is 5.82 Å². The second kappa shape index (κ2) is 9.25. The van der Waals surface area contributed by atoms with Crippen molar-refractivity contribution >= 4 is 28.4 Å². The Morgan fingerprint density at radius 1 is 1.09 bits per heavy atom. The minimum absolute atomic E-state index is 0.130. The van der Waals surface area contributed by atoms with Crippen LogP contribution in [-0.4, -0.2) is 43.1 Å². The van der Waals surface area contributed by atoms with Gasteiger partial charge in [0.2, 0.25) is 0 Å². The lowest BCUT2D eigenvalue weighted by molar-refractivity contribution is -0.137. The molecule has 0 radical (unpaired) electrons. The molecular formula is C22H21F3N8O2. The average molecular weight is 486 g/mol. The molecule has 4 aromatic heterocycles. The van der Waals surface area contributed by atoms with Crippen LogP contribution in [0.15, 0.2) is 36.8 Å². The molecule has 35 heavy (non-hydrogen) atoms. The number of nitrogens with one attached hydrogen (secondary N) is 2. The third-order valence-corrected chi connectivity index (χ3v) is 5.25. The van der Waals surface area contributed by atoms with Crippen LogP contribution in [0.5, 0.6) is 0 Å². The number of urea groups is 1. The quantitative estimate of drug-likeness (QED) is 0.423. The number of nitrogens with zero attached hydrogens (tertiary/aromatic N) is 6. The Kier molecular flexibility index (Phi) is 6.35. The highest BCUT2D eigenvalue weighted by Crippen LogP contribution is 2.35. The average Bonchev–Trinajstić information content (AvgIpc) is 3.33. The van der Waals surface area contributed by atoms with E-state index in [1.165, 1.54) is 32.6 Å². The summed E-state index contributed by atoms with van der Waals surface area (Å²) in [5.41, 5.74) is 1.70. The van der Waals surface area contributed by atoms with E-state index in [9.17, 15) is 18.0 Å². The Bertz CT molecular complexity index is 1390. The topological polar surface area (TPSA) is 120 Å². The minimum atomic E-state index is -4.76. The summed E-state index contributed by atoms with van der Waals surface area (Å²) in [5.74, 6) is -0.498. The number of halogens is 3. The van der Waals surface area contributed by atoms with Crippen molar-refractivity contribution in [3.05, 3.63) is 59.3 Å². The lowest BCUT2D eigenvalue weighted by atomic mass is 10.1. The lowest BCUT2D eigenvalue weighted by Gasteiger charge is -2.19. The number of methoxy groups -OCH3 is 1. The molecule has 0 spiro atoms.